The first-order chi connectivity index (χ1) is 11.6. The summed E-state index contributed by atoms with van der Waals surface area (Å²) in [6.45, 7) is 4.78. The van der Waals surface area contributed by atoms with E-state index < -0.39 is 11.6 Å². The average Bonchev–Trinajstić information content (AvgIpc) is 3.38. The van der Waals surface area contributed by atoms with Crippen LogP contribution in [-0.4, -0.2) is 62.1 Å². The minimum Gasteiger partial charge on any atom is -0.383 e. The molecule has 1 amide bonds. The van der Waals surface area contributed by atoms with Crippen LogP contribution in [0.2, 0.25) is 0 Å². The second kappa shape index (κ2) is 7.57. The predicted molar refractivity (Wildman–Crippen MR) is 86.7 cm³/mol. The van der Waals surface area contributed by atoms with E-state index in [9.17, 15) is 13.6 Å². The fourth-order valence-corrected chi connectivity index (χ4v) is 3.48. The highest BCUT2D eigenvalue weighted by Crippen LogP contribution is 2.49. The normalized spacial score (nSPS) is 24.7. The molecular weight excluding hydrogens is 314 g/mol. The maximum atomic E-state index is 13.9. The molecule has 2 aliphatic rings. The number of methoxy groups -OCH3 is 1. The number of hydrogen-bond donors (Lipinski definition) is 0. The molecule has 4 nitrogen and oxygen atoms in total. The number of carbonyl (C=O) groups is 1. The third-order valence-electron chi connectivity index (χ3n) is 4.98. The Balaban J connectivity index is 1.57. The van der Waals surface area contributed by atoms with Crippen molar-refractivity contribution in [2.45, 2.75) is 18.8 Å². The van der Waals surface area contributed by atoms with Crippen molar-refractivity contribution in [3.8, 4) is 0 Å². The van der Waals surface area contributed by atoms with Crippen LogP contribution in [-0.2, 0) is 9.53 Å². The molecule has 1 heterocycles. The number of rotatable bonds is 5. The van der Waals surface area contributed by atoms with E-state index in [0.717, 1.165) is 44.7 Å². The van der Waals surface area contributed by atoms with Gasteiger partial charge in [-0.2, -0.15) is 0 Å². The minimum atomic E-state index is -0.451. The van der Waals surface area contributed by atoms with Gasteiger partial charge in [-0.05, 0) is 49.1 Å². The zero-order valence-electron chi connectivity index (χ0n) is 14.0. The Morgan fingerprint density at radius 3 is 2.88 bits per heavy atom. The van der Waals surface area contributed by atoms with Gasteiger partial charge in [-0.15, -0.1) is 0 Å². The van der Waals surface area contributed by atoms with Gasteiger partial charge in [0.1, 0.15) is 11.6 Å². The van der Waals surface area contributed by atoms with E-state index in [4.69, 9.17) is 4.74 Å². The van der Waals surface area contributed by atoms with Gasteiger partial charge in [0.25, 0.3) is 0 Å². The molecule has 0 aromatic heterocycles. The van der Waals surface area contributed by atoms with Crippen molar-refractivity contribution >= 4 is 5.91 Å². The average molecular weight is 338 g/mol. The van der Waals surface area contributed by atoms with E-state index >= 15 is 0 Å². The third kappa shape index (κ3) is 3.92. The monoisotopic (exact) mass is 338 g/mol. The number of ether oxygens (including phenoxy) is 1. The molecule has 6 heteroatoms. The molecule has 0 spiro atoms. The van der Waals surface area contributed by atoms with E-state index in [2.05, 4.69) is 4.90 Å². The summed E-state index contributed by atoms with van der Waals surface area (Å²) < 4.78 is 32.3. The fourth-order valence-electron chi connectivity index (χ4n) is 3.48. The summed E-state index contributed by atoms with van der Waals surface area (Å²) in [4.78, 5) is 16.9. The lowest BCUT2D eigenvalue weighted by Gasteiger charge is -2.22. The number of amides is 1. The lowest BCUT2D eigenvalue weighted by Crippen LogP contribution is -2.37. The quantitative estimate of drug-likeness (QED) is 0.826. The smallest absolute Gasteiger partial charge is 0.226 e. The highest BCUT2D eigenvalue weighted by atomic mass is 19.1. The van der Waals surface area contributed by atoms with Crippen LogP contribution < -0.4 is 0 Å². The van der Waals surface area contributed by atoms with Crippen LogP contribution in [0, 0.1) is 17.6 Å². The van der Waals surface area contributed by atoms with Crippen LogP contribution in [0.15, 0.2) is 18.2 Å². The molecule has 1 aromatic rings. The molecule has 24 heavy (non-hydrogen) atoms. The van der Waals surface area contributed by atoms with Crippen LogP contribution in [0.3, 0.4) is 0 Å². The summed E-state index contributed by atoms with van der Waals surface area (Å²) in [5, 5.41) is 0. The van der Waals surface area contributed by atoms with Gasteiger partial charge in [-0.3, -0.25) is 9.69 Å². The van der Waals surface area contributed by atoms with Crippen LogP contribution in [0.1, 0.15) is 24.3 Å². The lowest BCUT2D eigenvalue weighted by molar-refractivity contribution is -0.132. The highest BCUT2D eigenvalue weighted by molar-refractivity contribution is 5.83. The molecule has 1 saturated heterocycles. The predicted octanol–water partition coefficient (Wildman–Crippen LogP) is 2.25. The maximum Gasteiger partial charge on any atom is 0.226 e. The number of nitrogens with zero attached hydrogens (tertiary/aromatic N) is 2. The van der Waals surface area contributed by atoms with E-state index in [1.807, 2.05) is 4.90 Å². The molecule has 1 aromatic carbocycles. The Kier molecular flexibility index (Phi) is 5.46. The van der Waals surface area contributed by atoms with Gasteiger partial charge in [-0.1, -0.05) is 0 Å². The van der Waals surface area contributed by atoms with E-state index in [1.54, 1.807) is 7.11 Å². The Hall–Kier alpha value is -1.53. The molecule has 2 unspecified atom stereocenters. The Morgan fingerprint density at radius 2 is 2.08 bits per heavy atom. The third-order valence-corrected chi connectivity index (χ3v) is 4.98. The zero-order chi connectivity index (χ0) is 17.1. The fraction of sp³-hybridized carbons (Fsp3) is 0.611. The molecule has 3 rings (SSSR count). The number of benzene rings is 1. The zero-order valence-corrected chi connectivity index (χ0v) is 14.0. The lowest BCUT2D eigenvalue weighted by atomic mass is 10.1. The van der Waals surface area contributed by atoms with Crippen molar-refractivity contribution in [1.82, 2.24) is 9.80 Å². The molecule has 0 bridgehead atoms. The summed E-state index contributed by atoms with van der Waals surface area (Å²) in [5.41, 5.74) is 0.338. The van der Waals surface area contributed by atoms with E-state index in [0.29, 0.717) is 25.1 Å². The summed E-state index contributed by atoms with van der Waals surface area (Å²) in [7, 11) is 1.69. The minimum absolute atomic E-state index is 0.0808. The number of carbonyl (C=O) groups excluding carboxylic acids is 1. The molecule has 2 fully saturated rings. The Morgan fingerprint density at radius 1 is 1.25 bits per heavy atom. The molecule has 0 N–H and O–H groups in total. The number of halogens is 2. The Labute approximate surface area is 141 Å². The summed E-state index contributed by atoms with van der Waals surface area (Å²) in [5.74, 6) is -1.17. The molecule has 1 saturated carbocycles. The van der Waals surface area contributed by atoms with Crippen LogP contribution in [0.25, 0.3) is 0 Å². The molecule has 132 valence electrons. The van der Waals surface area contributed by atoms with Gasteiger partial charge in [0.05, 0.1) is 6.61 Å². The molecule has 1 aliphatic heterocycles. The van der Waals surface area contributed by atoms with Crippen molar-refractivity contribution < 1.29 is 18.3 Å². The molecular formula is C18H24F2N2O2. The van der Waals surface area contributed by atoms with Crippen LogP contribution in [0.5, 0.6) is 0 Å². The number of hydrogen-bond acceptors (Lipinski definition) is 3. The van der Waals surface area contributed by atoms with Gasteiger partial charge < -0.3 is 9.64 Å². The van der Waals surface area contributed by atoms with Gasteiger partial charge in [0.15, 0.2) is 0 Å². The largest absolute Gasteiger partial charge is 0.383 e. The first kappa shape index (κ1) is 17.3. The topological polar surface area (TPSA) is 32.8 Å². The molecule has 2 atom stereocenters. The van der Waals surface area contributed by atoms with Gasteiger partial charge in [0.2, 0.25) is 5.91 Å². The van der Waals surface area contributed by atoms with E-state index in [-0.39, 0.29) is 17.7 Å². The maximum absolute atomic E-state index is 13.9. The van der Waals surface area contributed by atoms with Gasteiger partial charge in [-0.25, -0.2) is 8.78 Å². The first-order valence-electron chi connectivity index (χ1n) is 8.55. The summed E-state index contributed by atoms with van der Waals surface area (Å²) in [6, 6.07) is 3.48. The van der Waals surface area contributed by atoms with Gasteiger partial charge >= 0.3 is 0 Å². The van der Waals surface area contributed by atoms with Crippen molar-refractivity contribution in [2.75, 3.05) is 46.4 Å². The van der Waals surface area contributed by atoms with Crippen molar-refractivity contribution in [3.63, 3.8) is 0 Å². The standard InChI is InChI=1S/C18H24F2N2O2/c1-24-10-9-21-5-2-6-22(8-7-21)18(23)16-12-14(16)15-11-13(19)3-4-17(15)20/h3-4,11,14,16H,2,5-10,12H2,1H3. The van der Waals surface area contributed by atoms with E-state index in [1.165, 1.54) is 6.07 Å². The van der Waals surface area contributed by atoms with Crippen LogP contribution in [0.4, 0.5) is 8.78 Å². The van der Waals surface area contributed by atoms with Gasteiger partial charge in [0, 0.05) is 39.2 Å². The Bertz CT molecular complexity index is 596. The van der Waals surface area contributed by atoms with Crippen molar-refractivity contribution in [3.05, 3.63) is 35.4 Å². The SMILES string of the molecule is COCCN1CCCN(C(=O)C2CC2c2cc(F)ccc2F)CC1. The highest BCUT2D eigenvalue weighted by Gasteiger charge is 2.47. The van der Waals surface area contributed by atoms with Crippen LogP contribution >= 0.6 is 0 Å². The summed E-state index contributed by atoms with van der Waals surface area (Å²) >= 11 is 0. The second-order valence-corrected chi connectivity index (χ2v) is 6.63. The van der Waals surface area contributed by atoms with Crippen molar-refractivity contribution in [2.24, 2.45) is 5.92 Å². The molecule has 1 aliphatic carbocycles. The second-order valence-electron chi connectivity index (χ2n) is 6.63. The van der Waals surface area contributed by atoms with Crippen molar-refractivity contribution in [1.29, 1.82) is 0 Å². The molecule has 0 radical (unpaired) electrons. The summed E-state index contributed by atoms with van der Waals surface area (Å²) in [6.07, 6.45) is 1.55. The first-order valence-corrected chi connectivity index (χ1v) is 8.55.